The summed E-state index contributed by atoms with van der Waals surface area (Å²) in [5.74, 6) is 1.18. The highest BCUT2D eigenvalue weighted by atomic mass is 32.2. The number of rotatable bonds is 6. The Morgan fingerprint density at radius 1 is 1.26 bits per heavy atom. The van der Waals surface area contributed by atoms with Crippen LogP contribution in [0.5, 0.6) is 0 Å². The van der Waals surface area contributed by atoms with Gasteiger partial charge in [-0.3, -0.25) is 0 Å². The molecule has 120 valence electrons. The summed E-state index contributed by atoms with van der Waals surface area (Å²) in [6.45, 7) is 4.68. The van der Waals surface area contributed by atoms with Crippen molar-refractivity contribution in [1.82, 2.24) is 25.1 Å². The Bertz CT molecular complexity index is 765. The molecule has 2 heterocycles. The van der Waals surface area contributed by atoms with Crippen molar-refractivity contribution in [3.63, 3.8) is 0 Å². The first-order valence-electron chi connectivity index (χ1n) is 7.45. The molecule has 0 spiro atoms. The number of hydrogen-bond donors (Lipinski definition) is 0. The minimum atomic E-state index is 0.554. The molecule has 0 N–H and O–H groups in total. The molecular formula is C16H19N5OS. The molecule has 3 rings (SSSR count). The second-order valence-corrected chi connectivity index (χ2v) is 6.77. The van der Waals surface area contributed by atoms with E-state index in [2.05, 4.69) is 33.6 Å². The average molecular weight is 329 g/mol. The molecule has 0 unspecified atom stereocenters. The standard InChI is InChI=1S/C16H19N5OS/c1-11(23-3)8-15-10-21(20-18-15)9-13-4-6-14(7-5-13)16-17-12(2)22-19-16/h4-7,10-11H,8-9H2,1-3H3/t11-/m0/s1. The van der Waals surface area contributed by atoms with Crippen LogP contribution >= 0.6 is 11.8 Å². The molecule has 0 bridgehead atoms. The number of thioether (sulfide) groups is 1. The van der Waals surface area contributed by atoms with Gasteiger partial charge in [-0.15, -0.1) is 5.10 Å². The third-order valence-corrected chi connectivity index (χ3v) is 4.54. The highest BCUT2D eigenvalue weighted by Gasteiger charge is 2.08. The van der Waals surface area contributed by atoms with Crippen molar-refractivity contribution in [2.75, 3.05) is 6.26 Å². The van der Waals surface area contributed by atoms with E-state index in [-0.39, 0.29) is 0 Å². The van der Waals surface area contributed by atoms with Crippen molar-refractivity contribution in [2.45, 2.75) is 32.1 Å². The Kier molecular flexibility index (Phi) is 4.76. The number of nitrogens with zero attached hydrogens (tertiary/aromatic N) is 5. The molecule has 23 heavy (non-hydrogen) atoms. The zero-order chi connectivity index (χ0) is 16.2. The van der Waals surface area contributed by atoms with Crippen molar-refractivity contribution in [1.29, 1.82) is 0 Å². The average Bonchev–Trinajstić information content (AvgIpc) is 3.17. The lowest BCUT2D eigenvalue weighted by Crippen LogP contribution is -2.01. The van der Waals surface area contributed by atoms with Gasteiger partial charge in [0.1, 0.15) is 0 Å². The SMILES string of the molecule is CS[C@@H](C)Cc1cn(Cc2ccc(-c3noc(C)n3)cc2)nn1. The highest BCUT2D eigenvalue weighted by molar-refractivity contribution is 7.99. The molecule has 1 aromatic carbocycles. The smallest absolute Gasteiger partial charge is 0.223 e. The molecule has 0 saturated heterocycles. The van der Waals surface area contributed by atoms with Gasteiger partial charge in [-0.25, -0.2) is 4.68 Å². The zero-order valence-electron chi connectivity index (χ0n) is 13.4. The minimum absolute atomic E-state index is 0.554. The van der Waals surface area contributed by atoms with Crippen LogP contribution in [-0.4, -0.2) is 36.6 Å². The van der Waals surface area contributed by atoms with Crippen molar-refractivity contribution in [3.8, 4) is 11.4 Å². The minimum Gasteiger partial charge on any atom is -0.339 e. The Labute approximate surface area is 139 Å². The van der Waals surface area contributed by atoms with E-state index in [1.807, 2.05) is 46.9 Å². The van der Waals surface area contributed by atoms with Crippen LogP contribution in [0.15, 0.2) is 35.0 Å². The molecule has 0 saturated carbocycles. The van der Waals surface area contributed by atoms with Gasteiger partial charge in [-0.2, -0.15) is 16.7 Å². The zero-order valence-corrected chi connectivity index (χ0v) is 14.2. The molecule has 3 aromatic rings. The maximum atomic E-state index is 5.00. The Balaban J connectivity index is 1.66. The molecule has 0 fully saturated rings. The van der Waals surface area contributed by atoms with Gasteiger partial charge in [0, 0.05) is 30.4 Å². The summed E-state index contributed by atoms with van der Waals surface area (Å²) < 4.78 is 6.87. The van der Waals surface area contributed by atoms with Crippen molar-refractivity contribution >= 4 is 11.8 Å². The fraction of sp³-hybridized carbons (Fsp3) is 0.375. The Morgan fingerprint density at radius 3 is 2.70 bits per heavy atom. The lowest BCUT2D eigenvalue weighted by molar-refractivity contribution is 0.394. The topological polar surface area (TPSA) is 69.6 Å². The van der Waals surface area contributed by atoms with Gasteiger partial charge in [-0.1, -0.05) is 41.6 Å². The van der Waals surface area contributed by atoms with E-state index in [9.17, 15) is 0 Å². The molecule has 0 amide bonds. The van der Waals surface area contributed by atoms with Crippen molar-refractivity contribution in [2.24, 2.45) is 0 Å². The highest BCUT2D eigenvalue weighted by Crippen LogP contribution is 2.17. The van der Waals surface area contributed by atoms with Crippen LogP contribution in [0.2, 0.25) is 0 Å². The summed E-state index contributed by atoms with van der Waals surface area (Å²) >= 11 is 1.84. The van der Waals surface area contributed by atoms with E-state index in [1.54, 1.807) is 6.92 Å². The Morgan fingerprint density at radius 2 is 2.04 bits per heavy atom. The fourth-order valence-corrected chi connectivity index (χ4v) is 2.59. The predicted octanol–water partition coefficient (Wildman–Crippen LogP) is 2.98. The fourth-order valence-electron chi connectivity index (χ4n) is 2.25. The van der Waals surface area contributed by atoms with Gasteiger partial charge in [0.05, 0.1) is 12.2 Å². The first kappa shape index (κ1) is 15.7. The molecule has 6 nitrogen and oxygen atoms in total. The van der Waals surface area contributed by atoms with Crippen LogP contribution in [0, 0.1) is 6.92 Å². The maximum Gasteiger partial charge on any atom is 0.223 e. The number of hydrogen-bond acceptors (Lipinski definition) is 6. The molecule has 7 heteroatoms. The Hall–Kier alpha value is -2.15. The molecule has 0 aliphatic carbocycles. The van der Waals surface area contributed by atoms with Crippen molar-refractivity contribution in [3.05, 3.63) is 47.6 Å². The summed E-state index contributed by atoms with van der Waals surface area (Å²) in [5.41, 5.74) is 3.13. The van der Waals surface area contributed by atoms with Crippen LogP contribution < -0.4 is 0 Å². The van der Waals surface area contributed by atoms with E-state index in [0.717, 1.165) is 23.2 Å². The van der Waals surface area contributed by atoms with Crippen LogP contribution in [0.3, 0.4) is 0 Å². The van der Waals surface area contributed by atoms with E-state index in [4.69, 9.17) is 4.52 Å². The number of benzene rings is 1. The second-order valence-electron chi connectivity index (χ2n) is 5.49. The van der Waals surface area contributed by atoms with Crippen LogP contribution in [0.1, 0.15) is 24.1 Å². The van der Waals surface area contributed by atoms with Crippen LogP contribution in [-0.2, 0) is 13.0 Å². The molecule has 0 aliphatic rings. The summed E-state index contributed by atoms with van der Waals surface area (Å²) in [5, 5.41) is 12.9. The molecule has 2 aromatic heterocycles. The van der Waals surface area contributed by atoms with E-state index in [1.165, 1.54) is 0 Å². The van der Waals surface area contributed by atoms with Gasteiger partial charge in [0.2, 0.25) is 11.7 Å². The molecule has 1 atom stereocenters. The second kappa shape index (κ2) is 6.95. The summed E-state index contributed by atoms with van der Waals surface area (Å²) in [7, 11) is 0. The summed E-state index contributed by atoms with van der Waals surface area (Å²) in [4.78, 5) is 4.23. The number of aryl methyl sites for hydroxylation is 1. The van der Waals surface area contributed by atoms with Gasteiger partial charge in [-0.05, 0) is 11.8 Å². The first-order chi connectivity index (χ1) is 11.1. The van der Waals surface area contributed by atoms with Gasteiger partial charge < -0.3 is 4.52 Å². The van der Waals surface area contributed by atoms with E-state index >= 15 is 0 Å². The van der Waals surface area contributed by atoms with Crippen molar-refractivity contribution < 1.29 is 4.52 Å². The van der Waals surface area contributed by atoms with E-state index < -0.39 is 0 Å². The van der Waals surface area contributed by atoms with Crippen LogP contribution in [0.25, 0.3) is 11.4 Å². The van der Waals surface area contributed by atoms with Gasteiger partial charge >= 0.3 is 0 Å². The quantitative estimate of drug-likeness (QED) is 0.692. The summed E-state index contributed by atoms with van der Waals surface area (Å²) in [6.07, 6.45) is 5.07. The lowest BCUT2D eigenvalue weighted by atomic mass is 10.1. The molecular weight excluding hydrogens is 310 g/mol. The first-order valence-corrected chi connectivity index (χ1v) is 8.74. The van der Waals surface area contributed by atoms with Gasteiger partial charge in [0.25, 0.3) is 0 Å². The summed E-state index contributed by atoms with van der Waals surface area (Å²) in [6, 6.07) is 8.08. The lowest BCUT2D eigenvalue weighted by Gasteiger charge is -2.03. The molecule has 0 radical (unpaired) electrons. The maximum absolute atomic E-state index is 5.00. The third kappa shape index (κ3) is 3.98. The normalized spacial score (nSPS) is 12.5. The van der Waals surface area contributed by atoms with Gasteiger partial charge in [0.15, 0.2) is 0 Å². The predicted molar refractivity (Wildman–Crippen MR) is 90.3 cm³/mol. The largest absolute Gasteiger partial charge is 0.339 e. The third-order valence-electron chi connectivity index (χ3n) is 3.57. The number of aromatic nitrogens is 5. The van der Waals surface area contributed by atoms with E-state index in [0.29, 0.717) is 23.5 Å². The van der Waals surface area contributed by atoms with Crippen LogP contribution in [0.4, 0.5) is 0 Å². The molecule has 0 aliphatic heterocycles. The monoisotopic (exact) mass is 329 g/mol.